The van der Waals surface area contributed by atoms with Crippen molar-refractivity contribution in [3.05, 3.63) is 34.6 Å². The number of likely N-dealkylation sites (N-methyl/N-ethyl adjacent to an activating group) is 1. The Labute approximate surface area is 122 Å². The molecule has 3 N–H and O–H groups in total. The summed E-state index contributed by atoms with van der Waals surface area (Å²) in [6, 6.07) is 7.00. The van der Waals surface area contributed by atoms with Gasteiger partial charge >= 0.3 is 0 Å². The summed E-state index contributed by atoms with van der Waals surface area (Å²) >= 11 is 0. The van der Waals surface area contributed by atoms with E-state index in [0.717, 1.165) is 17.3 Å². The molecular formula is C15H19N3O3. The number of carbonyl (C=O) groups is 1. The highest BCUT2D eigenvalue weighted by molar-refractivity contribution is 5.83. The summed E-state index contributed by atoms with van der Waals surface area (Å²) in [7, 11) is 1.52. The van der Waals surface area contributed by atoms with Gasteiger partial charge in [-0.1, -0.05) is 6.92 Å². The molecule has 21 heavy (non-hydrogen) atoms. The molecule has 1 heterocycles. The monoisotopic (exact) mass is 289 g/mol. The van der Waals surface area contributed by atoms with Gasteiger partial charge in [0.2, 0.25) is 0 Å². The van der Waals surface area contributed by atoms with Gasteiger partial charge in [0.1, 0.15) is 0 Å². The minimum absolute atomic E-state index is 0.158. The van der Waals surface area contributed by atoms with Crippen LogP contribution in [0.1, 0.15) is 13.3 Å². The maximum Gasteiger partial charge on any atom is 0.293 e. The number of nitrogens with zero attached hydrogens (tertiary/aromatic N) is 1. The zero-order valence-electron chi connectivity index (χ0n) is 12.2. The second-order valence-corrected chi connectivity index (χ2v) is 4.75. The van der Waals surface area contributed by atoms with Gasteiger partial charge in [0.15, 0.2) is 12.4 Å². The molecular weight excluding hydrogens is 270 g/mol. The van der Waals surface area contributed by atoms with Crippen LogP contribution < -0.4 is 21.3 Å². The Bertz CT molecular complexity index is 722. The Morgan fingerprint density at radius 2 is 2.14 bits per heavy atom. The minimum Gasteiger partial charge on any atom is -0.478 e. The van der Waals surface area contributed by atoms with Gasteiger partial charge in [-0.05, 0) is 30.7 Å². The molecule has 6 heteroatoms. The van der Waals surface area contributed by atoms with Crippen molar-refractivity contribution in [2.24, 2.45) is 0 Å². The molecule has 112 valence electrons. The lowest BCUT2D eigenvalue weighted by molar-refractivity contribution is -0.122. The number of hydrogen-bond acceptors (Lipinski definition) is 4. The number of nitrogens with two attached hydrogens (primary N) is 1. The van der Waals surface area contributed by atoms with Crippen molar-refractivity contribution in [1.29, 1.82) is 0 Å². The van der Waals surface area contributed by atoms with E-state index in [1.54, 1.807) is 22.8 Å². The predicted octanol–water partition coefficient (Wildman–Crippen LogP) is 1.12. The van der Waals surface area contributed by atoms with Crippen molar-refractivity contribution in [3.8, 4) is 5.75 Å². The van der Waals surface area contributed by atoms with Gasteiger partial charge in [-0.2, -0.15) is 0 Å². The number of nitrogen functional groups attached to an aromatic ring is 1. The standard InChI is InChI=1S/C15H19N3O3/c1-3-6-18-12-5-4-11(16)7-10(12)8-13(15(18)20)21-9-14(19)17-2/h4-5,7-8H,3,6,9,16H2,1-2H3,(H,17,19). The van der Waals surface area contributed by atoms with E-state index in [0.29, 0.717) is 12.2 Å². The lowest BCUT2D eigenvalue weighted by Crippen LogP contribution is -2.28. The lowest BCUT2D eigenvalue weighted by Gasteiger charge is -2.13. The highest BCUT2D eigenvalue weighted by Gasteiger charge is 2.11. The third kappa shape index (κ3) is 3.16. The van der Waals surface area contributed by atoms with E-state index in [2.05, 4.69) is 5.32 Å². The van der Waals surface area contributed by atoms with E-state index in [9.17, 15) is 9.59 Å². The Morgan fingerprint density at radius 1 is 1.38 bits per heavy atom. The van der Waals surface area contributed by atoms with E-state index < -0.39 is 0 Å². The van der Waals surface area contributed by atoms with Crippen LogP contribution >= 0.6 is 0 Å². The van der Waals surface area contributed by atoms with Gasteiger partial charge in [0.25, 0.3) is 11.5 Å². The lowest BCUT2D eigenvalue weighted by atomic mass is 10.2. The molecule has 0 unspecified atom stereocenters. The number of nitrogens with one attached hydrogen (secondary N) is 1. The fraction of sp³-hybridized carbons (Fsp3) is 0.333. The molecule has 1 aromatic carbocycles. The SMILES string of the molecule is CCCn1c(=O)c(OCC(=O)NC)cc2cc(N)ccc21. The number of fused-ring (bicyclic) bond motifs is 1. The van der Waals surface area contributed by atoms with Crippen molar-refractivity contribution in [1.82, 2.24) is 9.88 Å². The average Bonchev–Trinajstić information content (AvgIpc) is 2.48. The largest absolute Gasteiger partial charge is 0.478 e. The quantitative estimate of drug-likeness (QED) is 0.808. The number of hydrogen-bond donors (Lipinski definition) is 2. The number of aromatic nitrogens is 1. The van der Waals surface area contributed by atoms with E-state index in [1.165, 1.54) is 7.05 Å². The highest BCUT2D eigenvalue weighted by atomic mass is 16.5. The Balaban J connectivity index is 2.52. The fourth-order valence-corrected chi connectivity index (χ4v) is 2.14. The fourth-order valence-electron chi connectivity index (χ4n) is 2.14. The third-order valence-electron chi connectivity index (χ3n) is 3.17. The molecule has 1 aromatic heterocycles. The maximum absolute atomic E-state index is 12.4. The summed E-state index contributed by atoms with van der Waals surface area (Å²) in [5.41, 5.74) is 6.97. The minimum atomic E-state index is -0.288. The first kappa shape index (κ1) is 14.9. The molecule has 0 saturated heterocycles. The second kappa shape index (κ2) is 6.30. The van der Waals surface area contributed by atoms with Crippen LogP contribution in [-0.2, 0) is 11.3 Å². The van der Waals surface area contributed by atoms with Gasteiger partial charge in [-0.15, -0.1) is 0 Å². The summed E-state index contributed by atoms with van der Waals surface area (Å²) in [5, 5.41) is 3.26. The number of carbonyl (C=O) groups excluding carboxylic acids is 1. The van der Waals surface area contributed by atoms with Crippen molar-refractivity contribution < 1.29 is 9.53 Å². The highest BCUT2D eigenvalue weighted by Crippen LogP contribution is 2.20. The van der Waals surface area contributed by atoms with Gasteiger partial charge in [-0.25, -0.2) is 0 Å². The first-order chi connectivity index (χ1) is 10.1. The van der Waals surface area contributed by atoms with Crippen molar-refractivity contribution in [2.45, 2.75) is 19.9 Å². The van der Waals surface area contributed by atoms with Crippen LogP contribution in [0, 0.1) is 0 Å². The number of benzene rings is 1. The molecule has 1 amide bonds. The molecule has 0 aliphatic rings. The molecule has 0 spiro atoms. The van der Waals surface area contributed by atoms with Crippen LogP contribution in [0.3, 0.4) is 0 Å². The number of pyridine rings is 1. The topological polar surface area (TPSA) is 86.3 Å². The molecule has 0 bridgehead atoms. The predicted molar refractivity (Wildman–Crippen MR) is 82.5 cm³/mol. The number of amides is 1. The van der Waals surface area contributed by atoms with Crippen molar-refractivity contribution >= 4 is 22.5 Å². The van der Waals surface area contributed by atoms with E-state index in [1.807, 2.05) is 13.0 Å². The van der Waals surface area contributed by atoms with Crippen LogP contribution in [0.4, 0.5) is 5.69 Å². The number of ether oxygens (including phenoxy) is 1. The number of rotatable bonds is 5. The molecule has 0 fully saturated rings. The van der Waals surface area contributed by atoms with Crippen LogP contribution in [0.2, 0.25) is 0 Å². The van der Waals surface area contributed by atoms with Crippen LogP contribution in [0.15, 0.2) is 29.1 Å². The summed E-state index contributed by atoms with van der Waals surface area (Å²) in [4.78, 5) is 23.7. The molecule has 6 nitrogen and oxygen atoms in total. The Kier molecular flexibility index (Phi) is 4.47. The molecule has 0 radical (unpaired) electrons. The van der Waals surface area contributed by atoms with Crippen molar-refractivity contribution in [2.75, 3.05) is 19.4 Å². The summed E-state index contributed by atoms with van der Waals surface area (Å²) in [6.45, 7) is 2.38. The Hall–Kier alpha value is -2.50. The first-order valence-corrected chi connectivity index (χ1v) is 6.83. The van der Waals surface area contributed by atoms with Crippen LogP contribution in [-0.4, -0.2) is 24.1 Å². The Morgan fingerprint density at radius 3 is 2.81 bits per heavy atom. The van der Waals surface area contributed by atoms with Crippen LogP contribution in [0.5, 0.6) is 5.75 Å². The summed E-state index contributed by atoms with van der Waals surface area (Å²) < 4.78 is 6.99. The van der Waals surface area contributed by atoms with Crippen LogP contribution in [0.25, 0.3) is 10.9 Å². The third-order valence-corrected chi connectivity index (χ3v) is 3.17. The average molecular weight is 289 g/mol. The normalized spacial score (nSPS) is 10.6. The molecule has 0 atom stereocenters. The van der Waals surface area contributed by atoms with Crippen molar-refractivity contribution in [3.63, 3.8) is 0 Å². The summed E-state index contributed by atoms with van der Waals surface area (Å²) in [6.07, 6.45) is 0.818. The maximum atomic E-state index is 12.4. The molecule has 2 aromatic rings. The molecule has 0 aliphatic heterocycles. The van der Waals surface area contributed by atoms with E-state index in [4.69, 9.17) is 10.5 Å². The smallest absolute Gasteiger partial charge is 0.293 e. The zero-order chi connectivity index (χ0) is 15.4. The second-order valence-electron chi connectivity index (χ2n) is 4.75. The number of aryl methyl sites for hydroxylation is 1. The zero-order valence-corrected chi connectivity index (χ0v) is 12.2. The number of anilines is 1. The van der Waals surface area contributed by atoms with Gasteiger partial charge in [0.05, 0.1) is 5.52 Å². The molecule has 0 saturated carbocycles. The first-order valence-electron chi connectivity index (χ1n) is 6.83. The molecule has 0 aliphatic carbocycles. The summed E-state index contributed by atoms with van der Waals surface area (Å²) in [5.74, 6) is -0.130. The van der Waals surface area contributed by atoms with E-state index >= 15 is 0 Å². The van der Waals surface area contributed by atoms with Gasteiger partial charge in [0, 0.05) is 24.7 Å². The molecule has 2 rings (SSSR count). The van der Waals surface area contributed by atoms with Gasteiger partial charge < -0.3 is 20.4 Å². The van der Waals surface area contributed by atoms with Gasteiger partial charge in [-0.3, -0.25) is 9.59 Å². The van der Waals surface area contributed by atoms with E-state index in [-0.39, 0.29) is 23.8 Å².